The molecule has 0 fully saturated rings. The molecule has 2 aromatic rings. The molecule has 21 heavy (non-hydrogen) atoms. The van der Waals surface area contributed by atoms with Crippen LogP contribution in [-0.4, -0.2) is 11.5 Å². The molecule has 0 aliphatic carbocycles. The molecule has 0 bridgehead atoms. The van der Waals surface area contributed by atoms with E-state index in [2.05, 4.69) is 25.8 Å². The van der Waals surface area contributed by atoms with Crippen LogP contribution in [0.1, 0.15) is 39.5 Å². The van der Waals surface area contributed by atoms with Gasteiger partial charge in [-0.15, -0.1) is 0 Å². The van der Waals surface area contributed by atoms with Crippen LogP contribution in [0.5, 0.6) is 0 Å². The molecule has 3 nitrogen and oxygen atoms in total. The summed E-state index contributed by atoms with van der Waals surface area (Å²) in [5.41, 5.74) is 6.82. The van der Waals surface area contributed by atoms with Crippen molar-refractivity contribution in [3.05, 3.63) is 28.9 Å². The molecule has 0 radical (unpaired) electrons. The van der Waals surface area contributed by atoms with Gasteiger partial charge < -0.3 is 10.2 Å². The number of nitrogens with zero attached hydrogens (tertiary/aromatic N) is 1. The highest BCUT2D eigenvalue weighted by molar-refractivity contribution is 6.34. The summed E-state index contributed by atoms with van der Waals surface area (Å²) in [6.45, 7) is 7.31. The molecule has 1 unspecified atom stereocenters. The van der Waals surface area contributed by atoms with Gasteiger partial charge in [-0.1, -0.05) is 32.4 Å². The Kier molecular flexibility index (Phi) is 4.89. The molecule has 2 N–H and O–H groups in total. The summed E-state index contributed by atoms with van der Waals surface area (Å²) in [6, 6.07) is 2.58. The van der Waals surface area contributed by atoms with E-state index >= 15 is 0 Å². The van der Waals surface area contributed by atoms with Crippen molar-refractivity contribution >= 4 is 22.7 Å². The first-order chi connectivity index (χ1) is 9.81. The largest absolute Gasteiger partial charge is 0.439 e. The zero-order valence-corrected chi connectivity index (χ0v) is 13.5. The normalized spacial score (nSPS) is 13.8. The third-order valence-corrected chi connectivity index (χ3v) is 4.18. The van der Waals surface area contributed by atoms with Gasteiger partial charge in [0.2, 0.25) is 0 Å². The Balaban J connectivity index is 2.14. The standard InChI is InChI=1S/C16H22ClFN2O/c1-16(2,3)10(6-7-19)4-5-14-20-13-9-11(18)8-12(17)15(13)21-14/h8-10H,4-7,19H2,1-3H3. The second-order valence-corrected chi connectivity index (χ2v) is 6.93. The second-order valence-electron chi connectivity index (χ2n) is 6.52. The van der Waals surface area contributed by atoms with Crippen LogP contribution in [0.4, 0.5) is 4.39 Å². The Morgan fingerprint density at radius 1 is 1.33 bits per heavy atom. The van der Waals surface area contributed by atoms with E-state index in [1.165, 1.54) is 12.1 Å². The van der Waals surface area contributed by atoms with Crippen molar-refractivity contribution in [1.29, 1.82) is 0 Å². The first kappa shape index (κ1) is 16.2. The summed E-state index contributed by atoms with van der Waals surface area (Å²) in [6.07, 6.45) is 2.61. The summed E-state index contributed by atoms with van der Waals surface area (Å²) in [5, 5.41) is 0.262. The molecular weight excluding hydrogens is 291 g/mol. The van der Waals surface area contributed by atoms with Gasteiger partial charge in [0.1, 0.15) is 11.3 Å². The molecule has 0 aliphatic rings. The summed E-state index contributed by atoms with van der Waals surface area (Å²) in [5.74, 6) is 0.691. The highest BCUT2D eigenvalue weighted by atomic mass is 35.5. The van der Waals surface area contributed by atoms with Crippen LogP contribution in [0.3, 0.4) is 0 Å². The number of oxazole rings is 1. The number of aryl methyl sites for hydroxylation is 1. The van der Waals surface area contributed by atoms with Gasteiger partial charge in [0.25, 0.3) is 0 Å². The van der Waals surface area contributed by atoms with Gasteiger partial charge in [-0.3, -0.25) is 0 Å². The van der Waals surface area contributed by atoms with E-state index in [1.54, 1.807) is 0 Å². The third kappa shape index (κ3) is 3.95. The predicted octanol–water partition coefficient (Wildman–Crippen LogP) is 4.56. The third-order valence-electron chi connectivity index (χ3n) is 3.90. The number of fused-ring (bicyclic) bond motifs is 1. The number of rotatable bonds is 5. The molecule has 0 spiro atoms. The molecule has 0 amide bonds. The molecule has 1 aromatic heterocycles. The lowest BCUT2D eigenvalue weighted by atomic mass is 9.76. The van der Waals surface area contributed by atoms with Gasteiger partial charge in [-0.2, -0.15) is 0 Å². The molecule has 1 heterocycles. The van der Waals surface area contributed by atoms with Crippen LogP contribution in [0.25, 0.3) is 11.1 Å². The maximum Gasteiger partial charge on any atom is 0.195 e. The van der Waals surface area contributed by atoms with Gasteiger partial charge in [-0.05, 0) is 36.8 Å². The Morgan fingerprint density at radius 2 is 2.05 bits per heavy atom. The van der Waals surface area contributed by atoms with Gasteiger partial charge in [-0.25, -0.2) is 9.37 Å². The van der Waals surface area contributed by atoms with Crippen LogP contribution >= 0.6 is 11.6 Å². The molecule has 0 saturated carbocycles. The molecule has 1 atom stereocenters. The molecule has 5 heteroatoms. The van der Waals surface area contributed by atoms with Crippen molar-refractivity contribution in [3.8, 4) is 0 Å². The average molecular weight is 313 g/mol. The van der Waals surface area contributed by atoms with E-state index in [4.69, 9.17) is 21.8 Å². The van der Waals surface area contributed by atoms with Gasteiger partial charge in [0.05, 0.1) is 5.02 Å². The lowest BCUT2D eigenvalue weighted by Gasteiger charge is -2.30. The summed E-state index contributed by atoms with van der Waals surface area (Å²) in [7, 11) is 0. The lowest BCUT2D eigenvalue weighted by Crippen LogP contribution is -2.24. The summed E-state index contributed by atoms with van der Waals surface area (Å²) < 4.78 is 19.0. The first-order valence-corrected chi connectivity index (χ1v) is 7.63. The maximum atomic E-state index is 13.3. The average Bonchev–Trinajstić information content (AvgIpc) is 2.76. The first-order valence-electron chi connectivity index (χ1n) is 7.26. The zero-order valence-electron chi connectivity index (χ0n) is 12.7. The van der Waals surface area contributed by atoms with Crippen molar-refractivity contribution < 1.29 is 8.81 Å². The molecule has 1 aromatic carbocycles. The van der Waals surface area contributed by atoms with Crippen LogP contribution in [0.15, 0.2) is 16.5 Å². The maximum absolute atomic E-state index is 13.3. The van der Waals surface area contributed by atoms with E-state index in [9.17, 15) is 4.39 Å². The highest BCUT2D eigenvalue weighted by Crippen LogP contribution is 2.33. The smallest absolute Gasteiger partial charge is 0.195 e. The molecule has 116 valence electrons. The van der Waals surface area contributed by atoms with Gasteiger partial charge in [0.15, 0.2) is 11.5 Å². The van der Waals surface area contributed by atoms with Crippen molar-refractivity contribution in [3.63, 3.8) is 0 Å². The number of benzene rings is 1. The topological polar surface area (TPSA) is 52.0 Å². The minimum absolute atomic E-state index is 0.190. The lowest BCUT2D eigenvalue weighted by molar-refractivity contribution is 0.211. The molecule has 0 saturated heterocycles. The van der Waals surface area contributed by atoms with E-state index in [0.717, 1.165) is 12.8 Å². The number of nitrogens with two attached hydrogens (primary N) is 1. The minimum atomic E-state index is -0.400. The van der Waals surface area contributed by atoms with E-state index in [0.29, 0.717) is 35.9 Å². The van der Waals surface area contributed by atoms with Crippen molar-refractivity contribution in [2.75, 3.05) is 6.54 Å². The van der Waals surface area contributed by atoms with Crippen molar-refractivity contribution in [1.82, 2.24) is 4.98 Å². The SMILES string of the molecule is CC(C)(C)C(CCN)CCc1nc2cc(F)cc(Cl)c2o1. The Morgan fingerprint density at radius 3 is 2.67 bits per heavy atom. The number of hydrogen-bond donors (Lipinski definition) is 1. The van der Waals surface area contributed by atoms with Crippen LogP contribution in [0, 0.1) is 17.2 Å². The quantitative estimate of drug-likeness (QED) is 0.880. The highest BCUT2D eigenvalue weighted by Gasteiger charge is 2.24. The number of halogens is 2. The molecule has 0 aliphatic heterocycles. The van der Waals surface area contributed by atoms with E-state index < -0.39 is 5.82 Å². The predicted molar refractivity (Wildman–Crippen MR) is 83.9 cm³/mol. The fourth-order valence-corrected chi connectivity index (χ4v) is 2.86. The molecule has 2 rings (SSSR count). The number of hydrogen-bond acceptors (Lipinski definition) is 3. The Labute approximate surface area is 129 Å². The van der Waals surface area contributed by atoms with E-state index in [-0.39, 0.29) is 10.4 Å². The van der Waals surface area contributed by atoms with Gasteiger partial charge >= 0.3 is 0 Å². The fourth-order valence-electron chi connectivity index (χ4n) is 2.62. The molecular formula is C16H22ClFN2O. The van der Waals surface area contributed by atoms with Crippen molar-refractivity contribution in [2.24, 2.45) is 17.1 Å². The van der Waals surface area contributed by atoms with E-state index in [1.807, 2.05) is 0 Å². The fraction of sp³-hybridized carbons (Fsp3) is 0.562. The van der Waals surface area contributed by atoms with Crippen LogP contribution < -0.4 is 5.73 Å². The Bertz CT molecular complexity index is 618. The van der Waals surface area contributed by atoms with Crippen molar-refractivity contribution in [2.45, 2.75) is 40.0 Å². The Hall–Kier alpha value is -1.13. The zero-order chi connectivity index (χ0) is 15.6. The summed E-state index contributed by atoms with van der Waals surface area (Å²) >= 11 is 5.97. The second kappa shape index (κ2) is 6.32. The minimum Gasteiger partial charge on any atom is -0.439 e. The van der Waals surface area contributed by atoms with Crippen LogP contribution in [-0.2, 0) is 6.42 Å². The monoisotopic (exact) mass is 312 g/mol. The number of aromatic nitrogens is 1. The summed E-state index contributed by atoms with van der Waals surface area (Å²) in [4.78, 5) is 4.33. The van der Waals surface area contributed by atoms with Gasteiger partial charge in [0, 0.05) is 12.5 Å². The van der Waals surface area contributed by atoms with Crippen LogP contribution in [0.2, 0.25) is 5.02 Å².